The maximum absolute atomic E-state index is 13.6. The Morgan fingerprint density at radius 1 is 1.10 bits per heavy atom. The third-order valence-electron chi connectivity index (χ3n) is 7.13. The maximum Gasteiger partial charge on any atom is 0.334 e. The second kappa shape index (κ2) is 12.0. The van der Waals surface area contributed by atoms with E-state index in [2.05, 4.69) is 27.4 Å². The van der Waals surface area contributed by atoms with E-state index in [4.69, 9.17) is 0 Å². The smallest absolute Gasteiger partial charge is 0.333 e. The van der Waals surface area contributed by atoms with Gasteiger partial charge in [0, 0.05) is 31.3 Å². The van der Waals surface area contributed by atoms with Gasteiger partial charge in [-0.25, -0.2) is 14.8 Å². The van der Waals surface area contributed by atoms with Crippen LogP contribution in [0.15, 0.2) is 79.5 Å². The number of amides is 5. The Kier molecular flexibility index (Phi) is 8.11. The standard InChI is InChI=1S/C29H32N8O4/c1-3-14-35-19-26(38)36-20(2)28(40)34(18-25(36)37(35)29(41)30-16-21-8-5-4-6-9-21)17-22-10-7-11-23(15-22)27(39)32-24-12-13-31-33-24/h3-13,15,20,25H,1,14,16-19H2,2H3,(H,30,41)(H2,31,32,33,39)/t20-,25-/m0/s1. The van der Waals surface area contributed by atoms with E-state index in [1.165, 1.54) is 16.1 Å². The van der Waals surface area contributed by atoms with Crippen LogP contribution in [0.4, 0.5) is 10.6 Å². The third kappa shape index (κ3) is 5.97. The molecule has 12 nitrogen and oxygen atoms in total. The highest BCUT2D eigenvalue weighted by Gasteiger charge is 2.49. The number of urea groups is 1. The first-order chi connectivity index (χ1) is 19.9. The summed E-state index contributed by atoms with van der Waals surface area (Å²) in [4.78, 5) is 56.1. The number of hydrogen-bond donors (Lipinski definition) is 3. The summed E-state index contributed by atoms with van der Waals surface area (Å²) in [5.74, 6) is -0.317. The Bertz CT molecular complexity index is 1430. The molecule has 2 aromatic carbocycles. The van der Waals surface area contributed by atoms with Crippen molar-refractivity contribution in [2.24, 2.45) is 0 Å². The lowest BCUT2D eigenvalue weighted by Gasteiger charge is -2.54. The number of anilines is 1. The number of benzene rings is 2. The molecule has 0 radical (unpaired) electrons. The third-order valence-corrected chi connectivity index (χ3v) is 7.13. The number of H-pyrrole nitrogens is 1. The second-order valence-corrected chi connectivity index (χ2v) is 9.93. The van der Waals surface area contributed by atoms with Crippen LogP contribution in [0.5, 0.6) is 0 Å². The van der Waals surface area contributed by atoms with Gasteiger partial charge in [-0.05, 0) is 30.2 Å². The lowest BCUT2D eigenvalue weighted by Crippen LogP contribution is -2.75. The Hall–Kier alpha value is -4.97. The SMILES string of the molecule is C=CCN1CC(=O)N2[C@@H](C)C(=O)N(Cc3cccc(C(=O)Nc4ccn[nH]4)c3)C[C@@H]2N1C(=O)NCc1ccccc1. The zero-order chi connectivity index (χ0) is 28.9. The molecule has 3 N–H and O–H groups in total. The molecule has 2 fully saturated rings. The van der Waals surface area contributed by atoms with Crippen molar-refractivity contribution in [3.8, 4) is 0 Å². The number of rotatable bonds is 8. The fourth-order valence-electron chi connectivity index (χ4n) is 5.21. The van der Waals surface area contributed by atoms with E-state index < -0.39 is 12.2 Å². The summed E-state index contributed by atoms with van der Waals surface area (Å²) in [6, 6.07) is 17.0. The van der Waals surface area contributed by atoms with Crippen LogP contribution in [0, 0.1) is 0 Å². The van der Waals surface area contributed by atoms with Crippen LogP contribution in [-0.2, 0) is 22.7 Å². The van der Waals surface area contributed by atoms with E-state index in [9.17, 15) is 19.2 Å². The number of carbonyl (C=O) groups is 4. The summed E-state index contributed by atoms with van der Waals surface area (Å²) in [5, 5.41) is 15.4. The maximum atomic E-state index is 13.6. The Balaban J connectivity index is 1.36. The molecule has 0 spiro atoms. The molecule has 2 aliphatic rings. The molecule has 0 bridgehead atoms. The summed E-state index contributed by atoms with van der Waals surface area (Å²) < 4.78 is 0. The van der Waals surface area contributed by atoms with Gasteiger partial charge in [0.2, 0.25) is 11.8 Å². The summed E-state index contributed by atoms with van der Waals surface area (Å²) in [6.07, 6.45) is 2.46. The van der Waals surface area contributed by atoms with Gasteiger partial charge in [0.1, 0.15) is 18.0 Å². The molecule has 2 atom stereocenters. The fraction of sp³-hybridized carbons (Fsp3) is 0.276. The molecule has 12 heteroatoms. The molecule has 2 aliphatic heterocycles. The van der Waals surface area contributed by atoms with Crippen molar-refractivity contribution in [2.75, 3.05) is 25.0 Å². The molecule has 0 aliphatic carbocycles. The van der Waals surface area contributed by atoms with Gasteiger partial charge in [-0.1, -0.05) is 48.5 Å². The highest BCUT2D eigenvalue weighted by molar-refractivity contribution is 6.03. The van der Waals surface area contributed by atoms with E-state index in [-0.39, 0.29) is 49.9 Å². The molecular formula is C29H32N8O4. The molecule has 3 aromatic rings. The summed E-state index contributed by atoms with van der Waals surface area (Å²) in [5.41, 5.74) is 2.09. The number of hydrogen-bond acceptors (Lipinski definition) is 6. The van der Waals surface area contributed by atoms with Crippen molar-refractivity contribution in [3.05, 3.63) is 96.2 Å². The number of aromatic nitrogens is 2. The van der Waals surface area contributed by atoms with Gasteiger partial charge in [0.05, 0.1) is 19.3 Å². The molecule has 0 unspecified atom stereocenters. The predicted octanol–water partition coefficient (Wildman–Crippen LogP) is 2.18. The van der Waals surface area contributed by atoms with E-state index in [0.717, 1.165) is 11.1 Å². The topological polar surface area (TPSA) is 134 Å². The summed E-state index contributed by atoms with van der Waals surface area (Å²) >= 11 is 0. The van der Waals surface area contributed by atoms with Gasteiger partial charge in [-0.3, -0.25) is 19.5 Å². The predicted molar refractivity (Wildman–Crippen MR) is 151 cm³/mol. The van der Waals surface area contributed by atoms with E-state index in [1.54, 1.807) is 47.2 Å². The number of nitrogens with zero attached hydrogens (tertiary/aromatic N) is 5. The van der Waals surface area contributed by atoms with Crippen molar-refractivity contribution in [1.82, 2.24) is 35.3 Å². The van der Waals surface area contributed by atoms with Gasteiger partial charge < -0.3 is 20.4 Å². The molecule has 0 saturated carbocycles. The number of piperazine rings is 1. The quantitative estimate of drug-likeness (QED) is 0.364. The summed E-state index contributed by atoms with van der Waals surface area (Å²) in [7, 11) is 0. The number of hydrazine groups is 1. The highest BCUT2D eigenvalue weighted by Crippen LogP contribution is 2.27. The zero-order valence-corrected chi connectivity index (χ0v) is 22.7. The minimum absolute atomic E-state index is 0.0492. The average molecular weight is 557 g/mol. The molecule has 2 saturated heterocycles. The van der Waals surface area contributed by atoms with Gasteiger partial charge in [0.25, 0.3) is 5.91 Å². The number of nitrogens with one attached hydrogen (secondary N) is 3. The van der Waals surface area contributed by atoms with Crippen molar-refractivity contribution in [3.63, 3.8) is 0 Å². The van der Waals surface area contributed by atoms with Crippen molar-refractivity contribution < 1.29 is 19.2 Å². The molecule has 1 aromatic heterocycles. The molecule has 41 heavy (non-hydrogen) atoms. The molecular weight excluding hydrogens is 524 g/mol. The van der Waals surface area contributed by atoms with Crippen LogP contribution in [0.25, 0.3) is 0 Å². The number of aromatic amines is 1. The van der Waals surface area contributed by atoms with Crippen LogP contribution in [0.1, 0.15) is 28.4 Å². The van der Waals surface area contributed by atoms with Crippen LogP contribution in [0.3, 0.4) is 0 Å². The molecule has 3 heterocycles. The van der Waals surface area contributed by atoms with Crippen LogP contribution >= 0.6 is 0 Å². The van der Waals surface area contributed by atoms with Gasteiger partial charge in [-0.15, -0.1) is 6.58 Å². The van der Waals surface area contributed by atoms with Gasteiger partial charge >= 0.3 is 6.03 Å². The molecule has 5 rings (SSSR count). The van der Waals surface area contributed by atoms with E-state index >= 15 is 0 Å². The Morgan fingerprint density at radius 3 is 2.61 bits per heavy atom. The zero-order valence-electron chi connectivity index (χ0n) is 22.7. The highest BCUT2D eigenvalue weighted by atomic mass is 16.2. The van der Waals surface area contributed by atoms with Crippen LogP contribution in [0.2, 0.25) is 0 Å². The van der Waals surface area contributed by atoms with Crippen molar-refractivity contribution in [2.45, 2.75) is 32.2 Å². The minimum atomic E-state index is -0.775. The average Bonchev–Trinajstić information content (AvgIpc) is 3.48. The largest absolute Gasteiger partial charge is 0.334 e. The number of fused-ring (bicyclic) bond motifs is 1. The second-order valence-electron chi connectivity index (χ2n) is 9.93. The van der Waals surface area contributed by atoms with E-state index in [1.807, 2.05) is 36.4 Å². The van der Waals surface area contributed by atoms with Crippen molar-refractivity contribution >= 4 is 29.6 Å². The monoisotopic (exact) mass is 556 g/mol. The first-order valence-electron chi connectivity index (χ1n) is 13.3. The van der Waals surface area contributed by atoms with E-state index in [0.29, 0.717) is 17.9 Å². The van der Waals surface area contributed by atoms with Crippen LogP contribution in [-0.4, -0.2) is 85.6 Å². The van der Waals surface area contributed by atoms with Crippen molar-refractivity contribution in [1.29, 1.82) is 0 Å². The molecule has 5 amide bonds. The Morgan fingerprint density at radius 2 is 1.88 bits per heavy atom. The van der Waals surface area contributed by atoms with Gasteiger partial charge in [-0.2, -0.15) is 5.10 Å². The molecule has 212 valence electrons. The fourth-order valence-corrected chi connectivity index (χ4v) is 5.21. The summed E-state index contributed by atoms with van der Waals surface area (Å²) in [6.45, 7) is 6.31. The minimum Gasteiger partial charge on any atom is -0.333 e. The Labute approximate surface area is 237 Å². The normalized spacial score (nSPS) is 19.1. The number of carbonyl (C=O) groups excluding carboxylic acids is 4. The first kappa shape index (κ1) is 27.6. The van der Waals surface area contributed by atoms with Crippen LogP contribution < -0.4 is 10.6 Å². The van der Waals surface area contributed by atoms with Gasteiger partial charge in [0.15, 0.2) is 0 Å². The first-order valence-corrected chi connectivity index (χ1v) is 13.3. The lowest BCUT2D eigenvalue weighted by molar-refractivity contribution is -0.188. The lowest BCUT2D eigenvalue weighted by atomic mass is 10.1.